The molecule has 32 heavy (non-hydrogen) atoms. The molecule has 1 aliphatic rings. The third kappa shape index (κ3) is 4.34. The molecule has 1 fully saturated rings. The summed E-state index contributed by atoms with van der Waals surface area (Å²) in [5.41, 5.74) is 0.577. The minimum atomic E-state index is -0.601. The first-order chi connectivity index (χ1) is 15.3. The van der Waals surface area contributed by atoms with Gasteiger partial charge >= 0.3 is 0 Å². The van der Waals surface area contributed by atoms with Crippen LogP contribution in [0.25, 0.3) is 17.4 Å². The highest BCUT2D eigenvalue weighted by atomic mass is 35.5. The Kier molecular flexibility index (Phi) is 5.93. The molecule has 0 aliphatic carbocycles. The second-order valence-electron chi connectivity index (χ2n) is 6.68. The van der Waals surface area contributed by atoms with Gasteiger partial charge in [0, 0.05) is 29.3 Å². The van der Waals surface area contributed by atoms with Crippen molar-refractivity contribution in [3.8, 4) is 11.3 Å². The number of Topliss-reactive ketones (excluding diaryl/α,β-unsaturated/α-hetero) is 1. The lowest BCUT2D eigenvalue weighted by Gasteiger charge is -2.11. The molecule has 1 aliphatic heterocycles. The van der Waals surface area contributed by atoms with Crippen LogP contribution in [-0.4, -0.2) is 33.3 Å². The number of benzene rings is 2. The minimum absolute atomic E-state index is 0.0990. The number of carbonyl (C=O) groups is 3. The van der Waals surface area contributed by atoms with Gasteiger partial charge in [-0.1, -0.05) is 41.9 Å². The van der Waals surface area contributed by atoms with Crippen molar-refractivity contribution in [2.75, 3.05) is 6.54 Å². The summed E-state index contributed by atoms with van der Waals surface area (Å²) in [5.74, 6) is -0.434. The van der Waals surface area contributed by atoms with Gasteiger partial charge in [0.15, 0.2) is 5.78 Å². The van der Waals surface area contributed by atoms with Crippen LogP contribution in [-0.2, 0) is 4.79 Å². The molecular formula is C22H13ClN2O6S. The van der Waals surface area contributed by atoms with Crippen LogP contribution in [0.5, 0.6) is 0 Å². The van der Waals surface area contributed by atoms with Gasteiger partial charge in [-0.05, 0) is 30.0 Å². The normalized spacial score (nSPS) is 14.9. The molecule has 2 aromatic carbocycles. The Morgan fingerprint density at radius 2 is 1.88 bits per heavy atom. The van der Waals surface area contributed by atoms with Crippen LogP contribution in [0.3, 0.4) is 0 Å². The van der Waals surface area contributed by atoms with Gasteiger partial charge in [-0.3, -0.25) is 29.4 Å². The van der Waals surface area contributed by atoms with Crippen molar-refractivity contribution in [2.24, 2.45) is 0 Å². The molecule has 0 spiro atoms. The number of rotatable bonds is 6. The zero-order valence-electron chi connectivity index (χ0n) is 16.2. The predicted octanol–water partition coefficient (Wildman–Crippen LogP) is 5.43. The van der Waals surface area contributed by atoms with Crippen molar-refractivity contribution in [3.05, 3.63) is 92.0 Å². The highest BCUT2D eigenvalue weighted by molar-refractivity contribution is 8.18. The van der Waals surface area contributed by atoms with Crippen LogP contribution in [0.15, 0.2) is 70.0 Å². The maximum absolute atomic E-state index is 12.7. The number of non-ortho nitro benzene ring substituents is 1. The first-order valence-corrected chi connectivity index (χ1v) is 10.4. The van der Waals surface area contributed by atoms with Crippen molar-refractivity contribution in [2.45, 2.75) is 0 Å². The lowest BCUT2D eigenvalue weighted by Crippen LogP contribution is -2.33. The quantitative estimate of drug-likeness (QED) is 0.205. The van der Waals surface area contributed by atoms with Gasteiger partial charge in [-0.25, -0.2) is 0 Å². The second-order valence-corrected chi connectivity index (χ2v) is 8.08. The number of nitro benzene ring substituents is 1. The van der Waals surface area contributed by atoms with E-state index in [9.17, 15) is 24.5 Å². The van der Waals surface area contributed by atoms with Crippen LogP contribution >= 0.6 is 23.4 Å². The molecule has 1 aromatic heterocycles. The molecule has 4 rings (SSSR count). The fraction of sp³-hybridized carbons (Fsp3) is 0.0455. The van der Waals surface area contributed by atoms with E-state index in [2.05, 4.69) is 0 Å². The van der Waals surface area contributed by atoms with Gasteiger partial charge in [-0.2, -0.15) is 0 Å². The first-order valence-electron chi connectivity index (χ1n) is 9.21. The Labute approximate surface area is 190 Å². The number of furan rings is 1. The Morgan fingerprint density at radius 1 is 1.12 bits per heavy atom. The molecule has 3 aromatic rings. The van der Waals surface area contributed by atoms with Crippen molar-refractivity contribution in [3.63, 3.8) is 0 Å². The summed E-state index contributed by atoms with van der Waals surface area (Å²) < 4.78 is 5.67. The number of ketones is 1. The third-order valence-corrected chi connectivity index (χ3v) is 5.83. The Balaban J connectivity index is 1.54. The monoisotopic (exact) mass is 468 g/mol. The van der Waals surface area contributed by atoms with Crippen molar-refractivity contribution >= 4 is 52.1 Å². The van der Waals surface area contributed by atoms with Gasteiger partial charge < -0.3 is 4.42 Å². The van der Waals surface area contributed by atoms with E-state index in [1.165, 1.54) is 24.3 Å². The van der Waals surface area contributed by atoms with E-state index in [1.807, 2.05) is 0 Å². The van der Waals surface area contributed by atoms with E-state index in [0.29, 0.717) is 22.9 Å². The summed E-state index contributed by atoms with van der Waals surface area (Å²) in [6.45, 7) is -0.362. The van der Waals surface area contributed by atoms with Gasteiger partial charge in [0.05, 0.1) is 21.4 Å². The fourth-order valence-electron chi connectivity index (χ4n) is 3.02. The van der Waals surface area contributed by atoms with E-state index < -0.39 is 16.1 Å². The van der Waals surface area contributed by atoms with E-state index >= 15 is 0 Å². The molecule has 8 nitrogen and oxygen atoms in total. The predicted molar refractivity (Wildman–Crippen MR) is 119 cm³/mol. The third-order valence-electron chi connectivity index (χ3n) is 4.60. The number of carbonyl (C=O) groups excluding carboxylic acids is 3. The maximum Gasteiger partial charge on any atom is 0.293 e. The summed E-state index contributed by atoms with van der Waals surface area (Å²) >= 11 is 6.84. The molecule has 10 heteroatoms. The number of thioether (sulfide) groups is 1. The molecule has 0 N–H and O–H groups in total. The van der Waals surface area contributed by atoms with Crippen molar-refractivity contribution in [1.82, 2.24) is 4.90 Å². The van der Waals surface area contributed by atoms with Gasteiger partial charge in [0.2, 0.25) is 0 Å². The highest BCUT2D eigenvalue weighted by Gasteiger charge is 2.36. The Morgan fingerprint density at radius 3 is 2.59 bits per heavy atom. The van der Waals surface area contributed by atoms with Crippen molar-refractivity contribution < 1.29 is 23.7 Å². The summed E-state index contributed by atoms with van der Waals surface area (Å²) in [5, 5.41) is 10.7. The minimum Gasteiger partial charge on any atom is -0.457 e. The summed E-state index contributed by atoms with van der Waals surface area (Å²) in [4.78, 5) is 48.8. The molecule has 0 atom stereocenters. The molecule has 0 unspecified atom stereocenters. The highest BCUT2D eigenvalue weighted by Crippen LogP contribution is 2.35. The van der Waals surface area contributed by atoms with E-state index in [0.717, 1.165) is 4.90 Å². The Hall–Kier alpha value is -3.69. The Bertz CT molecular complexity index is 1280. The molecule has 1 saturated heterocycles. The van der Waals surface area contributed by atoms with E-state index in [-0.39, 0.29) is 39.5 Å². The lowest BCUT2D eigenvalue weighted by molar-refractivity contribution is -0.384. The van der Waals surface area contributed by atoms with Gasteiger partial charge in [0.25, 0.3) is 16.8 Å². The lowest BCUT2D eigenvalue weighted by atomic mass is 10.1. The van der Waals surface area contributed by atoms with E-state index in [4.69, 9.17) is 16.0 Å². The smallest absolute Gasteiger partial charge is 0.293 e. The van der Waals surface area contributed by atoms with Crippen LogP contribution < -0.4 is 0 Å². The molecule has 2 heterocycles. The average Bonchev–Trinajstić information content (AvgIpc) is 3.34. The van der Waals surface area contributed by atoms with Crippen molar-refractivity contribution in [1.29, 1.82) is 0 Å². The first kappa shape index (κ1) is 21.5. The number of nitro groups is 1. The molecule has 0 saturated carbocycles. The molecule has 0 radical (unpaired) electrons. The molecule has 0 bridgehead atoms. The van der Waals surface area contributed by atoms with E-state index in [1.54, 1.807) is 42.5 Å². The second kappa shape index (κ2) is 8.81. The summed E-state index contributed by atoms with van der Waals surface area (Å²) in [6, 6.07) is 15.4. The zero-order chi connectivity index (χ0) is 22.8. The number of amides is 2. The summed E-state index contributed by atoms with van der Waals surface area (Å²) in [6.07, 6.45) is 1.38. The number of imide groups is 1. The molecular weight excluding hydrogens is 456 g/mol. The standard InChI is InChI=1S/C22H13ClN2O6S/c23-17-8-6-14(25(29)30)10-16(17)19-9-7-15(31-19)11-20-21(27)24(22(28)32-20)12-18(26)13-4-2-1-3-5-13/h1-11H,12H2/b20-11+. The topological polar surface area (TPSA) is 111 Å². The number of hydrogen-bond donors (Lipinski definition) is 0. The number of nitrogens with zero attached hydrogens (tertiary/aromatic N) is 2. The molecule has 160 valence electrons. The van der Waals surface area contributed by atoms with Crippen LogP contribution in [0, 0.1) is 10.1 Å². The average molecular weight is 469 g/mol. The largest absolute Gasteiger partial charge is 0.457 e. The maximum atomic E-state index is 12.7. The SMILES string of the molecule is O=C(CN1C(=O)S/C(=C/c2ccc(-c3cc([N+](=O)[O-])ccc3Cl)o2)C1=O)c1ccccc1. The number of halogens is 1. The summed E-state index contributed by atoms with van der Waals surface area (Å²) in [7, 11) is 0. The van der Waals surface area contributed by atoms with Gasteiger partial charge in [0.1, 0.15) is 11.5 Å². The zero-order valence-corrected chi connectivity index (χ0v) is 17.8. The molecule has 2 amide bonds. The van der Waals surface area contributed by atoms with Crippen LogP contribution in [0.1, 0.15) is 16.1 Å². The van der Waals surface area contributed by atoms with Crippen LogP contribution in [0.4, 0.5) is 10.5 Å². The van der Waals surface area contributed by atoms with Gasteiger partial charge in [-0.15, -0.1) is 0 Å². The van der Waals surface area contributed by atoms with Crippen LogP contribution in [0.2, 0.25) is 5.02 Å². The number of hydrogen-bond acceptors (Lipinski definition) is 7. The fourth-order valence-corrected chi connectivity index (χ4v) is 4.04.